The van der Waals surface area contributed by atoms with Crippen molar-refractivity contribution in [3.63, 3.8) is 0 Å². The monoisotopic (exact) mass is 283 g/mol. The van der Waals surface area contributed by atoms with Gasteiger partial charge in [0.1, 0.15) is 5.82 Å². The molecule has 1 amide bonds. The molecular formula is C14H18FNO2S. The molecule has 0 aliphatic heterocycles. The van der Waals surface area contributed by atoms with Gasteiger partial charge in [-0.25, -0.2) is 4.39 Å². The van der Waals surface area contributed by atoms with E-state index < -0.39 is 5.60 Å². The molecule has 0 radical (unpaired) electrons. The third-order valence-corrected chi connectivity index (χ3v) is 4.28. The Morgan fingerprint density at radius 2 is 2.16 bits per heavy atom. The lowest BCUT2D eigenvalue weighted by Gasteiger charge is -2.22. The second kappa shape index (κ2) is 5.92. The van der Waals surface area contributed by atoms with Crippen LogP contribution < -0.4 is 5.32 Å². The van der Waals surface area contributed by atoms with Crippen molar-refractivity contribution in [1.82, 2.24) is 5.32 Å². The number of rotatable bonds is 4. The van der Waals surface area contributed by atoms with Gasteiger partial charge in [0.2, 0.25) is 0 Å². The zero-order valence-corrected chi connectivity index (χ0v) is 11.7. The minimum atomic E-state index is -0.766. The largest absolute Gasteiger partial charge is 0.388 e. The topological polar surface area (TPSA) is 49.3 Å². The zero-order chi connectivity index (χ0) is 13.9. The van der Waals surface area contributed by atoms with Gasteiger partial charge in [-0.3, -0.25) is 4.79 Å². The molecule has 0 atom stereocenters. The van der Waals surface area contributed by atoms with Gasteiger partial charge in [0.05, 0.1) is 5.60 Å². The van der Waals surface area contributed by atoms with Gasteiger partial charge in [-0.15, -0.1) is 11.8 Å². The molecule has 1 aliphatic carbocycles. The maximum atomic E-state index is 13.3. The van der Waals surface area contributed by atoms with E-state index in [1.807, 2.05) is 0 Å². The van der Waals surface area contributed by atoms with Crippen molar-refractivity contribution in [2.75, 3.05) is 12.8 Å². The van der Waals surface area contributed by atoms with E-state index in [4.69, 9.17) is 0 Å². The molecule has 1 fully saturated rings. The average Bonchev–Trinajstić information content (AvgIpc) is 2.84. The van der Waals surface area contributed by atoms with Crippen LogP contribution >= 0.6 is 11.8 Å². The van der Waals surface area contributed by atoms with Crippen LogP contribution in [0.4, 0.5) is 4.39 Å². The number of hydrogen-bond acceptors (Lipinski definition) is 3. The smallest absolute Gasteiger partial charge is 0.251 e. The molecule has 19 heavy (non-hydrogen) atoms. The minimum Gasteiger partial charge on any atom is -0.388 e. The third kappa shape index (κ3) is 3.48. The fourth-order valence-corrected chi connectivity index (χ4v) is 2.87. The number of carbonyl (C=O) groups is 1. The SMILES string of the molecule is CSc1cc(C(=O)NCC2(O)CCCC2)ccc1F. The van der Waals surface area contributed by atoms with Crippen molar-refractivity contribution in [1.29, 1.82) is 0 Å². The fourth-order valence-electron chi connectivity index (χ4n) is 2.36. The molecular weight excluding hydrogens is 265 g/mol. The minimum absolute atomic E-state index is 0.262. The molecule has 0 spiro atoms. The number of hydrogen-bond donors (Lipinski definition) is 2. The number of thioether (sulfide) groups is 1. The summed E-state index contributed by atoms with van der Waals surface area (Å²) in [5.74, 6) is -0.589. The molecule has 0 heterocycles. The number of halogens is 1. The molecule has 1 aromatic carbocycles. The number of amides is 1. The van der Waals surface area contributed by atoms with E-state index in [9.17, 15) is 14.3 Å². The molecule has 0 aromatic heterocycles. The molecule has 3 nitrogen and oxygen atoms in total. The molecule has 0 unspecified atom stereocenters. The van der Waals surface area contributed by atoms with Crippen molar-refractivity contribution in [2.45, 2.75) is 36.2 Å². The lowest BCUT2D eigenvalue weighted by molar-refractivity contribution is 0.0449. The van der Waals surface area contributed by atoms with Gasteiger partial charge >= 0.3 is 0 Å². The summed E-state index contributed by atoms with van der Waals surface area (Å²) in [6.45, 7) is 0.262. The molecule has 5 heteroatoms. The Hall–Kier alpha value is -1.07. The number of carbonyl (C=O) groups excluding carboxylic acids is 1. The fraction of sp³-hybridized carbons (Fsp3) is 0.500. The summed E-state index contributed by atoms with van der Waals surface area (Å²) in [4.78, 5) is 12.4. The van der Waals surface area contributed by atoms with E-state index >= 15 is 0 Å². The van der Waals surface area contributed by atoms with Gasteiger partial charge in [0, 0.05) is 17.0 Å². The highest BCUT2D eigenvalue weighted by Gasteiger charge is 2.31. The molecule has 2 rings (SSSR count). The van der Waals surface area contributed by atoms with E-state index in [0.717, 1.165) is 25.7 Å². The van der Waals surface area contributed by atoms with E-state index in [2.05, 4.69) is 5.32 Å². The zero-order valence-electron chi connectivity index (χ0n) is 10.9. The lowest BCUT2D eigenvalue weighted by atomic mass is 10.0. The first-order valence-electron chi connectivity index (χ1n) is 6.38. The summed E-state index contributed by atoms with van der Waals surface area (Å²) in [5, 5.41) is 12.9. The maximum Gasteiger partial charge on any atom is 0.251 e. The summed E-state index contributed by atoms with van der Waals surface area (Å²) >= 11 is 1.27. The second-order valence-corrected chi connectivity index (χ2v) is 5.81. The molecule has 1 aromatic rings. The Labute approximate surface area is 116 Å². The second-order valence-electron chi connectivity index (χ2n) is 4.96. The summed E-state index contributed by atoms with van der Waals surface area (Å²) in [6, 6.07) is 4.29. The van der Waals surface area contributed by atoms with Crippen molar-refractivity contribution >= 4 is 17.7 Å². The first kappa shape index (κ1) is 14.3. The standard InChI is InChI=1S/C14H18FNO2S/c1-19-12-8-10(4-5-11(12)15)13(17)16-9-14(18)6-2-3-7-14/h4-5,8,18H,2-3,6-7,9H2,1H3,(H,16,17). The van der Waals surface area contributed by atoms with Crippen LogP contribution in [0.2, 0.25) is 0 Å². The molecule has 1 saturated carbocycles. The molecule has 1 aliphatic rings. The molecule has 0 saturated heterocycles. The molecule has 2 N–H and O–H groups in total. The van der Waals surface area contributed by atoms with E-state index in [-0.39, 0.29) is 18.3 Å². The van der Waals surface area contributed by atoms with Crippen LogP contribution in [0.3, 0.4) is 0 Å². The van der Waals surface area contributed by atoms with Crippen LogP contribution in [0, 0.1) is 5.82 Å². The maximum absolute atomic E-state index is 13.3. The van der Waals surface area contributed by atoms with Gasteiger partial charge in [-0.1, -0.05) is 12.8 Å². The Kier molecular flexibility index (Phi) is 4.47. The third-order valence-electron chi connectivity index (χ3n) is 3.53. The number of nitrogens with one attached hydrogen (secondary N) is 1. The van der Waals surface area contributed by atoms with Crippen molar-refractivity contribution in [3.8, 4) is 0 Å². The van der Waals surface area contributed by atoms with Crippen LogP contribution in [0.1, 0.15) is 36.0 Å². The van der Waals surface area contributed by atoms with E-state index in [1.54, 1.807) is 6.26 Å². The highest BCUT2D eigenvalue weighted by atomic mass is 32.2. The summed E-state index contributed by atoms with van der Waals surface area (Å²) in [5.41, 5.74) is -0.342. The van der Waals surface area contributed by atoms with Crippen molar-refractivity contribution in [2.24, 2.45) is 0 Å². The van der Waals surface area contributed by atoms with Gasteiger partial charge in [0.15, 0.2) is 0 Å². The molecule has 0 bridgehead atoms. The van der Waals surface area contributed by atoms with E-state index in [1.165, 1.54) is 30.0 Å². The van der Waals surface area contributed by atoms with Gasteiger partial charge in [-0.05, 0) is 37.3 Å². The Morgan fingerprint density at radius 1 is 1.47 bits per heavy atom. The van der Waals surface area contributed by atoms with Gasteiger partial charge in [0.25, 0.3) is 5.91 Å². The Morgan fingerprint density at radius 3 is 2.79 bits per heavy atom. The summed E-state index contributed by atoms with van der Waals surface area (Å²) < 4.78 is 13.3. The number of aliphatic hydroxyl groups is 1. The van der Waals surface area contributed by atoms with Crippen LogP contribution in [0.25, 0.3) is 0 Å². The average molecular weight is 283 g/mol. The first-order valence-corrected chi connectivity index (χ1v) is 7.61. The predicted molar refractivity (Wildman–Crippen MR) is 73.9 cm³/mol. The highest BCUT2D eigenvalue weighted by molar-refractivity contribution is 7.98. The first-order chi connectivity index (χ1) is 9.04. The van der Waals surface area contributed by atoms with Gasteiger partial charge < -0.3 is 10.4 Å². The summed E-state index contributed by atoms with van der Waals surface area (Å²) in [7, 11) is 0. The molecule has 104 valence electrons. The Bertz CT molecular complexity index is 473. The van der Waals surface area contributed by atoms with Crippen LogP contribution in [-0.2, 0) is 0 Å². The lowest BCUT2D eigenvalue weighted by Crippen LogP contribution is -2.40. The van der Waals surface area contributed by atoms with E-state index in [0.29, 0.717) is 10.5 Å². The number of benzene rings is 1. The van der Waals surface area contributed by atoms with Crippen LogP contribution in [-0.4, -0.2) is 29.4 Å². The predicted octanol–water partition coefficient (Wildman–Crippen LogP) is 2.58. The van der Waals surface area contributed by atoms with Crippen molar-refractivity contribution in [3.05, 3.63) is 29.6 Å². The highest BCUT2D eigenvalue weighted by Crippen LogP contribution is 2.28. The van der Waals surface area contributed by atoms with Crippen molar-refractivity contribution < 1.29 is 14.3 Å². The summed E-state index contributed by atoms with van der Waals surface area (Å²) in [6.07, 6.45) is 5.22. The Balaban J connectivity index is 1.99. The van der Waals surface area contributed by atoms with Crippen LogP contribution in [0.15, 0.2) is 23.1 Å². The quantitative estimate of drug-likeness (QED) is 0.835. The normalized spacial score (nSPS) is 17.4. The van der Waals surface area contributed by atoms with Gasteiger partial charge in [-0.2, -0.15) is 0 Å². The van der Waals surface area contributed by atoms with Crippen LogP contribution in [0.5, 0.6) is 0 Å².